The molecule has 0 aliphatic heterocycles. The van der Waals surface area contributed by atoms with Crippen molar-refractivity contribution in [2.75, 3.05) is 7.11 Å². The highest BCUT2D eigenvalue weighted by Crippen LogP contribution is 2.28. The first-order valence-corrected chi connectivity index (χ1v) is 5.34. The summed E-state index contributed by atoms with van der Waals surface area (Å²) in [6, 6.07) is 3.57. The predicted molar refractivity (Wildman–Crippen MR) is 68.6 cm³/mol. The highest BCUT2D eigenvalue weighted by Gasteiger charge is 2.04. The minimum absolute atomic E-state index is 0.616. The maximum Gasteiger partial charge on any atom is 0.328 e. The van der Waals surface area contributed by atoms with Crippen molar-refractivity contribution in [2.45, 2.75) is 6.92 Å². The molecule has 0 aromatic heterocycles. The van der Waals surface area contributed by atoms with Crippen LogP contribution in [-0.4, -0.2) is 18.2 Å². The van der Waals surface area contributed by atoms with Crippen LogP contribution in [0.1, 0.15) is 11.1 Å². The van der Waals surface area contributed by atoms with Crippen molar-refractivity contribution in [3.05, 3.63) is 46.5 Å². The third kappa shape index (κ3) is 3.96. The first-order chi connectivity index (χ1) is 8.04. The molecule has 1 N–H and O–H groups in total. The standard InChI is InChI=1S/C13H13ClO3/c1-9-7-11(14)8-10(13(9)17-2)5-3-4-6-12(15)16/h3-8H,1-2H3,(H,15,16)/b5-3+,6-4+. The molecule has 17 heavy (non-hydrogen) atoms. The highest BCUT2D eigenvalue weighted by atomic mass is 35.5. The van der Waals surface area contributed by atoms with Gasteiger partial charge in [-0.3, -0.25) is 0 Å². The summed E-state index contributed by atoms with van der Waals surface area (Å²) in [6.45, 7) is 1.90. The number of benzene rings is 1. The normalized spacial score (nSPS) is 11.2. The van der Waals surface area contributed by atoms with Crippen molar-refractivity contribution in [3.63, 3.8) is 0 Å². The maximum absolute atomic E-state index is 10.3. The minimum atomic E-state index is -0.983. The average molecular weight is 253 g/mol. The Kier molecular flexibility index (Phi) is 4.79. The lowest BCUT2D eigenvalue weighted by molar-refractivity contribution is -0.131. The van der Waals surface area contributed by atoms with Gasteiger partial charge in [0.2, 0.25) is 0 Å². The lowest BCUT2D eigenvalue weighted by Crippen LogP contribution is -1.90. The zero-order chi connectivity index (χ0) is 12.8. The third-order valence-corrected chi connectivity index (χ3v) is 2.32. The van der Waals surface area contributed by atoms with Gasteiger partial charge < -0.3 is 9.84 Å². The van der Waals surface area contributed by atoms with Crippen molar-refractivity contribution >= 4 is 23.6 Å². The van der Waals surface area contributed by atoms with Crippen molar-refractivity contribution in [3.8, 4) is 5.75 Å². The number of ether oxygens (including phenoxy) is 1. The van der Waals surface area contributed by atoms with Gasteiger partial charge in [-0.2, -0.15) is 0 Å². The molecular weight excluding hydrogens is 240 g/mol. The highest BCUT2D eigenvalue weighted by molar-refractivity contribution is 6.30. The van der Waals surface area contributed by atoms with Gasteiger partial charge in [0, 0.05) is 16.7 Å². The molecule has 0 heterocycles. The lowest BCUT2D eigenvalue weighted by atomic mass is 10.1. The number of allylic oxidation sites excluding steroid dienone is 2. The van der Waals surface area contributed by atoms with Crippen LogP contribution in [0.15, 0.2) is 30.4 Å². The fourth-order valence-corrected chi connectivity index (χ4v) is 1.74. The van der Waals surface area contributed by atoms with Crippen molar-refractivity contribution in [2.24, 2.45) is 0 Å². The van der Waals surface area contributed by atoms with Gasteiger partial charge in [-0.05, 0) is 24.6 Å². The SMILES string of the molecule is COc1c(C)cc(Cl)cc1/C=C/C=C/C(=O)O. The summed E-state index contributed by atoms with van der Waals surface area (Å²) in [4.78, 5) is 10.3. The number of aryl methyl sites for hydroxylation is 1. The number of methoxy groups -OCH3 is 1. The zero-order valence-electron chi connectivity index (χ0n) is 9.61. The van der Waals surface area contributed by atoms with E-state index in [4.69, 9.17) is 21.4 Å². The second-order valence-electron chi connectivity index (χ2n) is 3.40. The molecule has 1 aromatic carbocycles. The van der Waals surface area contributed by atoms with Crippen LogP contribution >= 0.6 is 11.6 Å². The van der Waals surface area contributed by atoms with Crippen LogP contribution in [0.4, 0.5) is 0 Å². The molecule has 0 amide bonds. The van der Waals surface area contributed by atoms with E-state index in [1.807, 2.05) is 13.0 Å². The molecule has 1 aromatic rings. The molecular formula is C13H13ClO3. The van der Waals surface area contributed by atoms with Crippen LogP contribution in [0.2, 0.25) is 5.02 Å². The summed E-state index contributed by atoms with van der Waals surface area (Å²) in [7, 11) is 1.58. The molecule has 0 spiro atoms. The summed E-state index contributed by atoms with van der Waals surface area (Å²) in [5, 5.41) is 9.05. The summed E-state index contributed by atoms with van der Waals surface area (Å²) in [5.74, 6) is -0.252. The van der Waals surface area contributed by atoms with Crippen molar-refractivity contribution in [1.29, 1.82) is 0 Å². The Morgan fingerprint density at radius 3 is 2.71 bits per heavy atom. The molecule has 0 atom stereocenters. The molecule has 3 nitrogen and oxygen atoms in total. The van der Waals surface area contributed by atoms with Crippen molar-refractivity contribution < 1.29 is 14.6 Å². The Balaban J connectivity index is 3.01. The van der Waals surface area contributed by atoms with Crippen LogP contribution in [-0.2, 0) is 4.79 Å². The van der Waals surface area contributed by atoms with Gasteiger partial charge in [0.1, 0.15) is 5.75 Å². The van der Waals surface area contributed by atoms with Gasteiger partial charge in [-0.1, -0.05) is 29.8 Å². The summed E-state index contributed by atoms with van der Waals surface area (Å²) < 4.78 is 5.26. The van der Waals surface area contributed by atoms with E-state index < -0.39 is 5.97 Å². The number of carbonyl (C=O) groups is 1. The Morgan fingerprint density at radius 2 is 2.12 bits per heavy atom. The van der Waals surface area contributed by atoms with E-state index in [0.29, 0.717) is 5.02 Å². The van der Waals surface area contributed by atoms with Crippen LogP contribution in [0, 0.1) is 6.92 Å². The van der Waals surface area contributed by atoms with Crippen molar-refractivity contribution in [1.82, 2.24) is 0 Å². The van der Waals surface area contributed by atoms with Gasteiger partial charge in [-0.25, -0.2) is 4.79 Å². The van der Waals surface area contributed by atoms with Gasteiger partial charge in [0.05, 0.1) is 7.11 Å². The number of hydrogen-bond acceptors (Lipinski definition) is 2. The summed E-state index contributed by atoms with van der Waals surface area (Å²) in [5.41, 5.74) is 1.74. The summed E-state index contributed by atoms with van der Waals surface area (Å²) in [6.07, 6.45) is 5.87. The number of carboxylic acid groups (broad SMARTS) is 1. The summed E-state index contributed by atoms with van der Waals surface area (Å²) >= 11 is 5.94. The Bertz CT molecular complexity index is 476. The molecule has 0 unspecified atom stereocenters. The van der Waals surface area contributed by atoms with Crippen LogP contribution < -0.4 is 4.74 Å². The first kappa shape index (κ1) is 13.3. The van der Waals surface area contributed by atoms with E-state index in [1.165, 1.54) is 6.08 Å². The molecule has 0 radical (unpaired) electrons. The predicted octanol–water partition coefficient (Wildman–Crippen LogP) is 3.31. The van der Waals surface area contributed by atoms with Gasteiger partial charge >= 0.3 is 5.97 Å². The molecule has 0 aliphatic carbocycles. The number of rotatable bonds is 4. The fourth-order valence-electron chi connectivity index (χ4n) is 1.46. The number of hydrogen-bond donors (Lipinski definition) is 1. The quantitative estimate of drug-likeness (QED) is 0.661. The van der Waals surface area contributed by atoms with E-state index in [9.17, 15) is 4.79 Å². The van der Waals surface area contributed by atoms with E-state index in [-0.39, 0.29) is 0 Å². The van der Waals surface area contributed by atoms with Gasteiger partial charge in [0.25, 0.3) is 0 Å². The number of carboxylic acids is 1. The Hall–Kier alpha value is -1.74. The zero-order valence-corrected chi connectivity index (χ0v) is 10.4. The molecule has 4 heteroatoms. The van der Waals surface area contributed by atoms with Crippen LogP contribution in [0.25, 0.3) is 6.08 Å². The number of aliphatic carboxylic acids is 1. The Labute approximate surface area is 105 Å². The van der Waals surface area contributed by atoms with E-state index in [1.54, 1.807) is 25.3 Å². The maximum atomic E-state index is 10.3. The largest absolute Gasteiger partial charge is 0.496 e. The first-order valence-electron chi connectivity index (χ1n) is 4.96. The molecule has 0 aliphatic rings. The smallest absolute Gasteiger partial charge is 0.328 e. The van der Waals surface area contributed by atoms with Crippen LogP contribution in [0.3, 0.4) is 0 Å². The minimum Gasteiger partial charge on any atom is -0.496 e. The lowest BCUT2D eigenvalue weighted by Gasteiger charge is -2.08. The number of halogens is 1. The third-order valence-electron chi connectivity index (χ3n) is 2.10. The molecule has 1 rings (SSSR count). The van der Waals surface area contributed by atoms with E-state index in [2.05, 4.69) is 0 Å². The molecule has 0 fully saturated rings. The van der Waals surface area contributed by atoms with Gasteiger partial charge in [-0.15, -0.1) is 0 Å². The van der Waals surface area contributed by atoms with E-state index >= 15 is 0 Å². The fraction of sp³-hybridized carbons (Fsp3) is 0.154. The van der Waals surface area contributed by atoms with E-state index in [0.717, 1.165) is 23.0 Å². The molecule has 0 saturated heterocycles. The topological polar surface area (TPSA) is 46.5 Å². The van der Waals surface area contributed by atoms with Crippen LogP contribution in [0.5, 0.6) is 5.75 Å². The van der Waals surface area contributed by atoms with Gasteiger partial charge in [0.15, 0.2) is 0 Å². The molecule has 0 saturated carbocycles. The average Bonchev–Trinajstić information content (AvgIpc) is 2.23. The molecule has 90 valence electrons. The molecule has 0 bridgehead atoms. The monoisotopic (exact) mass is 252 g/mol. The second-order valence-corrected chi connectivity index (χ2v) is 3.84. The Morgan fingerprint density at radius 1 is 1.41 bits per heavy atom. The second kappa shape index (κ2) is 6.11.